The normalized spacial score (nSPS) is 10.7. The van der Waals surface area contributed by atoms with Gasteiger partial charge in [0, 0.05) is 0 Å². The van der Waals surface area contributed by atoms with Crippen LogP contribution < -0.4 is 5.32 Å². The number of hydrogen-bond acceptors (Lipinski definition) is 4. The average Bonchev–Trinajstić information content (AvgIpc) is 2.74. The standard InChI is InChI=1S/C10H12N2O2/c1-7-3-4-9(13-7)10-12-6-8(14-10)5-11-2/h3-4,6,11H,5H2,1-2H3. The van der Waals surface area contributed by atoms with Crippen molar-refractivity contribution in [2.45, 2.75) is 13.5 Å². The molecule has 4 nitrogen and oxygen atoms in total. The Morgan fingerprint density at radius 2 is 2.21 bits per heavy atom. The minimum atomic E-state index is 0.531. The van der Waals surface area contributed by atoms with Crippen molar-refractivity contribution in [3.8, 4) is 11.7 Å². The van der Waals surface area contributed by atoms with Crippen molar-refractivity contribution in [3.63, 3.8) is 0 Å². The van der Waals surface area contributed by atoms with Crippen LogP contribution in [0.25, 0.3) is 11.7 Å². The van der Waals surface area contributed by atoms with Gasteiger partial charge in [-0.2, -0.15) is 0 Å². The molecule has 0 aliphatic carbocycles. The lowest BCUT2D eigenvalue weighted by Gasteiger charge is -1.91. The molecule has 0 aliphatic rings. The summed E-state index contributed by atoms with van der Waals surface area (Å²) in [6.07, 6.45) is 1.70. The van der Waals surface area contributed by atoms with Crippen LogP contribution in [0.2, 0.25) is 0 Å². The Hall–Kier alpha value is -1.55. The molecule has 0 aromatic carbocycles. The van der Waals surface area contributed by atoms with E-state index in [1.165, 1.54) is 0 Å². The molecule has 0 radical (unpaired) electrons. The average molecular weight is 192 g/mol. The Balaban J connectivity index is 2.24. The van der Waals surface area contributed by atoms with Crippen molar-refractivity contribution in [2.75, 3.05) is 7.05 Å². The number of nitrogens with zero attached hydrogens (tertiary/aromatic N) is 1. The van der Waals surface area contributed by atoms with Gasteiger partial charge in [-0.1, -0.05) is 0 Å². The fourth-order valence-corrected chi connectivity index (χ4v) is 1.23. The second-order valence-electron chi connectivity index (χ2n) is 3.07. The molecule has 0 fully saturated rings. The monoisotopic (exact) mass is 192 g/mol. The highest BCUT2D eigenvalue weighted by Crippen LogP contribution is 2.21. The largest absolute Gasteiger partial charge is 0.456 e. The summed E-state index contributed by atoms with van der Waals surface area (Å²) in [5.41, 5.74) is 0. The molecule has 0 aliphatic heterocycles. The van der Waals surface area contributed by atoms with Crippen LogP contribution in [0.5, 0.6) is 0 Å². The maximum Gasteiger partial charge on any atom is 0.263 e. The van der Waals surface area contributed by atoms with E-state index in [1.54, 1.807) is 6.20 Å². The fourth-order valence-electron chi connectivity index (χ4n) is 1.23. The molecule has 0 unspecified atom stereocenters. The highest BCUT2D eigenvalue weighted by atomic mass is 16.4. The van der Waals surface area contributed by atoms with Crippen LogP contribution in [-0.2, 0) is 6.54 Å². The quantitative estimate of drug-likeness (QED) is 0.807. The lowest BCUT2D eigenvalue weighted by Crippen LogP contribution is -2.03. The predicted molar refractivity (Wildman–Crippen MR) is 51.7 cm³/mol. The summed E-state index contributed by atoms with van der Waals surface area (Å²) in [5, 5.41) is 2.99. The second-order valence-corrected chi connectivity index (χ2v) is 3.07. The van der Waals surface area contributed by atoms with Crippen LogP contribution in [0, 0.1) is 6.92 Å². The Kier molecular flexibility index (Phi) is 2.37. The van der Waals surface area contributed by atoms with Crippen molar-refractivity contribution in [3.05, 3.63) is 29.9 Å². The van der Waals surface area contributed by atoms with Crippen molar-refractivity contribution < 1.29 is 8.83 Å². The van der Waals surface area contributed by atoms with Gasteiger partial charge in [-0.05, 0) is 26.1 Å². The lowest BCUT2D eigenvalue weighted by molar-refractivity contribution is 0.470. The van der Waals surface area contributed by atoms with Crippen LogP contribution in [-0.4, -0.2) is 12.0 Å². The van der Waals surface area contributed by atoms with Gasteiger partial charge >= 0.3 is 0 Å². The summed E-state index contributed by atoms with van der Waals surface area (Å²) in [5.74, 6) is 2.86. The molecule has 0 atom stereocenters. The van der Waals surface area contributed by atoms with Gasteiger partial charge in [0.25, 0.3) is 5.89 Å². The van der Waals surface area contributed by atoms with Gasteiger partial charge in [-0.25, -0.2) is 4.98 Å². The summed E-state index contributed by atoms with van der Waals surface area (Å²) < 4.78 is 10.8. The number of aromatic nitrogens is 1. The predicted octanol–water partition coefficient (Wildman–Crippen LogP) is 1.96. The number of nitrogens with one attached hydrogen (secondary N) is 1. The smallest absolute Gasteiger partial charge is 0.263 e. The van der Waals surface area contributed by atoms with E-state index in [-0.39, 0.29) is 0 Å². The van der Waals surface area contributed by atoms with Crippen molar-refractivity contribution in [1.29, 1.82) is 0 Å². The third-order valence-corrected chi connectivity index (χ3v) is 1.86. The summed E-state index contributed by atoms with van der Waals surface area (Å²) in [6.45, 7) is 2.56. The van der Waals surface area contributed by atoms with Gasteiger partial charge in [-0.3, -0.25) is 0 Å². The van der Waals surface area contributed by atoms with E-state index >= 15 is 0 Å². The first-order chi connectivity index (χ1) is 6.79. The molecule has 1 N–H and O–H groups in total. The summed E-state index contributed by atoms with van der Waals surface area (Å²) in [6, 6.07) is 3.74. The molecule has 2 rings (SSSR count). The maximum atomic E-state index is 5.46. The minimum Gasteiger partial charge on any atom is -0.456 e. The van der Waals surface area contributed by atoms with Gasteiger partial charge < -0.3 is 14.2 Å². The second kappa shape index (κ2) is 3.67. The zero-order valence-electron chi connectivity index (χ0n) is 8.20. The molecule has 2 aromatic rings. The third-order valence-electron chi connectivity index (χ3n) is 1.86. The van der Waals surface area contributed by atoms with E-state index in [1.807, 2.05) is 26.1 Å². The molecule has 0 amide bonds. The van der Waals surface area contributed by atoms with E-state index in [0.717, 1.165) is 11.5 Å². The van der Waals surface area contributed by atoms with Crippen LogP contribution in [0.15, 0.2) is 27.2 Å². The van der Waals surface area contributed by atoms with Crippen molar-refractivity contribution >= 4 is 0 Å². The Morgan fingerprint density at radius 3 is 2.86 bits per heavy atom. The van der Waals surface area contributed by atoms with Crippen molar-refractivity contribution in [2.24, 2.45) is 0 Å². The molecule has 0 saturated carbocycles. The molecule has 74 valence electrons. The SMILES string of the molecule is CNCc1cnc(-c2ccc(C)o2)o1. The highest BCUT2D eigenvalue weighted by molar-refractivity contribution is 5.44. The first kappa shape index (κ1) is 9.02. The van der Waals surface area contributed by atoms with E-state index in [9.17, 15) is 0 Å². The zero-order valence-corrected chi connectivity index (χ0v) is 8.20. The van der Waals surface area contributed by atoms with Gasteiger partial charge in [0.05, 0.1) is 12.7 Å². The van der Waals surface area contributed by atoms with Crippen LogP contribution in [0.4, 0.5) is 0 Å². The number of aryl methyl sites for hydroxylation is 1. The van der Waals surface area contributed by atoms with Gasteiger partial charge in [0.2, 0.25) is 0 Å². The van der Waals surface area contributed by atoms with Gasteiger partial charge in [0.1, 0.15) is 11.5 Å². The zero-order chi connectivity index (χ0) is 9.97. The summed E-state index contributed by atoms with van der Waals surface area (Å²) >= 11 is 0. The summed E-state index contributed by atoms with van der Waals surface area (Å²) in [7, 11) is 1.86. The van der Waals surface area contributed by atoms with E-state index < -0.39 is 0 Å². The Labute approximate surface area is 81.9 Å². The van der Waals surface area contributed by atoms with Crippen LogP contribution in [0.1, 0.15) is 11.5 Å². The van der Waals surface area contributed by atoms with E-state index in [0.29, 0.717) is 18.2 Å². The molecule has 0 spiro atoms. The third kappa shape index (κ3) is 1.70. The number of hydrogen-bond donors (Lipinski definition) is 1. The van der Waals surface area contributed by atoms with E-state index in [4.69, 9.17) is 8.83 Å². The number of rotatable bonds is 3. The van der Waals surface area contributed by atoms with E-state index in [2.05, 4.69) is 10.3 Å². The van der Waals surface area contributed by atoms with Crippen LogP contribution >= 0.6 is 0 Å². The van der Waals surface area contributed by atoms with Crippen LogP contribution in [0.3, 0.4) is 0 Å². The Bertz CT molecular complexity index is 417. The first-order valence-corrected chi connectivity index (χ1v) is 4.45. The number of oxazole rings is 1. The number of furan rings is 1. The fraction of sp³-hybridized carbons (Fsp3) is 0.300. The maximum absolute atomic E-state index is 5.46. The molecule has 14 heavy (non-hydrogen) atoms. The Morgan fingerprint density at radius 1 is 1.36 bits per heavy atom. The minimum absolute atomic E-state index is 0.531. The molecule has 2 aromatic heterocycles. The van der Waals surface area contributed by atoms with Gasteiger partial charge in [0.15, 0.2) is 5.76 Å². The first-order valence-electron chi connectivity index (χ1n) is 4.45. The molecule has 2 heterocycles. The summed E-state index contributed by atoms with van der Waals surface area (Å²) in [4.78, 5) is 4.12. The lowest BCUT2D eigenvalue weighted by atomic mass is 10.4. The molecule has 4 heteroatoms. The molecule has 0 bridgehead atoms. The molecular formula is C10H12N2O2. The topological polar surface area (TPSA) is 51.2 Å². The van der Waals surface area contributed by atoms with Gasteiger partial charge in [-0.15, -0.1) is 0 Å². The highest BCUT2D eigenvalue weighted by Gasteiger charge is 2.09. The molecule has 0 saturated heterocycles. The van der Waals surface area contributed by atoms with Crippen molar-refractivity contribution in [1.82, 2.24) is 10.3 Å². The molecular weight excluding hydrogens is 180 g/mol.